The second kappa shape index (κ2) is 5.65. The lowest BCUT2D eigenvalue weighted by atomic mass is 9.96. The highest BCUT2D eigenvalue weighted by atomic mass is 35.5. The van der Waals surface area contributed by atoms with Crippen LogP contribution in [0, 0.1) is 0 Å². The summed E-state index contributed by atoms with van der Waals surface area (Å²) >= 11 is 5.88. The Morgan fingerprint density at radius 2 is 2.31 bits per heavy atom. The zero-order valence-electron chi connectivity index (χ0n) is 9.26. The van der Waals surface area contributed by atoms with E-state index in [1.165, 1.54) is 6.42 Å². The summed E-state index contributed by atoms with van der Waals surface area (Å²) in [5.41, 5.74) is 0.979. The van der Waals surface area contributed by atoms with Gasteiger partial charge < -0.3 is 5.32 Å². The molecule has 0 amide bonds. The summed E-state index contributed by atoms with van der Waals surface area (Å²) in [4.78, 5) is 0. The highest BCUT2D eigenvalue weighted by Crippen LogP contribution is 2.18. The van der Waals surface area contributed by atoms with Crippen molar-refractivity contribution in [3.05, 3.63) is 34.9 Å². The van der Waals surface area contributed by atoms with E-state index in [4.69, 9.17) is 11.6 Å². The molecule has 3 heteroatoms. The third kappa shape index (κ3) is 3.19. The van der Waals surface area contributed by atoms with Crippen molar-refractivity contribution < 1.29 is 4.39 Å². The van der Waals surface area contributed by atoms with Gasteiger partial charge in [0, 0.05) is 17.5 Å². The van der Waals surface area contributed by atoms with E-state index in [-0.39, 0.29) is 6.04 Å². The minimum absolute atomic E-state index is 0.0210. The highest BCUT2D eigenvalue weighted by Gasteiger charge is 2.22. The van der Waals surface area contributed by atoms with Crippen LogP contribution in [0.4, 0.5) is 4.39 Å². The number of nitrogens with one attached hydrogen (secondary N) is 1. The third-order valence-corrected chi connectivity index (χ3v) is 3.34. The largest absolute Gasteiger partial charge is 0.311 e. The average molecular weight is 242 g/mol. The molecule has 1 saturated heterocycles. The van der Waals surface area contributed by atoms with E-state index in [9.17, 15) is 4.39 Å². The Hall–Kier alpha value is -0.600. The van der Waals surface area contributed by atoms with Gasteiger partial charge in [-0.1, -0.05) is 30.2 Å². The van der Waals surface area contributed by atoms with Crippen LogP contribution in [0.1, 0.15) is 24.8 Å². The minimum atomic E-state index is -0.807. The first kappa shape index (κ1) is 11.9. The monoisotopic (exact) mass is 241 g/mol. The average Bonchev–Trinajstić information content (AvgIpc) is 2.30. The van der Waals surface area contributed by atoms with Crippen LogP contribution in [-0.4, -0.2) is 18.8 Å². The quantitative estimate of drug-likeness (QED) is 0.856. The number of rotatable bonds is 3. The van der Waals surface area contributed by atoms with Gasteiger partial charge in [-0.15, -0.1) is 0 Å². The normalized spacial score (nSPS) is 23.0. The van der Waals surface area contributed by atoms with E-state index < -0.39 is 6.17 Å². The summed E-state index contributed by atoms with van der Waals surface area (Å²) in [5, 5.41) is 3.93. The molecule has 0 aliphatic carbocycles. The number of halogens is 2. The third-order valence-electron chi connectivity index (χ3n) is 3.10. The van der Waals surface area contributed by atoms with Crippen LogP contribution in [0.15, 0.2) is 24.3 Å². The highest BCUT2D eigenvalue weighted by molar-refractivity contribution is 6.30. The van der Waals surface area contributed by atoms with E-state index in [0.29, 0.717) is 11.4 Å². The van der Waals surface area contributed by atoms with Crippen molar-refractivity contribution in [3.8, 4) is 0 Å². The molecule has 2 unspecified atom stereocenters. The molecule has 1 aliphatic heterocycles. The van der Waals surface area contributed by atoms with Gasteiger partial charge in [0.25, 0.3) is 0 Å². The van der Waals surface area contributed by atoms with E-state index in [2.05, 4.69) is 5.32 Å². The van der Waals surface area contributed by atoms with Gasteiger partial charge in [0.2, 0.25) is 0 Å². The van der Waals surface area contributed by atoms with Gasteiger partial charge in [-0.2, -0.15) is 0 Å². The van der Waals surface area contributed by atoms with Crippen molar-refractivity contribution in [1.29, 1.82) is 0 Å². The van der Waals surface area contributed by atoms with Gasteiger partial charge in [-0.25, -0.2) is 4.39 Å². The first-order chi connectivity index (χ1) is 7.75. The van der Waals surface area contributed by atoms with Crippen molar-refractivity contribution in [2.45, 2.75) is 37.9 Å². The lowest BCUT2D eigenvalue weighted by Gasteiger charge is -2.26. The predicted octanol–water partition coefficient (Wildman–Crippen LogP) is 3.36. The van der Waals surface area contributed by atoms with Gasteiger partial charge in [0.05, 0.1) is 0 Å². The molecular weight excluding hydrogens is 225 g/mol. The lowest BCUT2D eigenvalue weighted by molar-refractivity contribution is 0.217. The maximum atomic E-state index is 14.0. The first-order valence-electron chi connectivity index (χ1n) is 5.87. The number of alkyl halides is 1. The number of piperidine rings is 1. The fourth-order valence-electron chi connectivity index (χ4n) is 2.22. The Bertz CT molecular complexity index is 336. The van der Waals surface area contributed by atoms with Crippen molar-refractivity contribution in [1.82, 2.24) is 5.32 Å². The van der Waals surface area contributed by atoms with Gasteiger partial charge in [0.1, 0.15) is 6.17 Å². The van der Waals surface area contributed by atoms with Crippen LogP contribution in [-0.2, 0) is 6.42 Å². The summed E-state index contributed by atoms with van der Waals surface area (Å²) in [7, 11) is 0. The Balaban J connectivity index is 1.93. The molecule has 1 aliphatic rings. The first-order valence-corrected chi connectivity index (χ1v) is 6.25. The fourth-order valence-corrected chi connectivity index (χ4v) is 2.43. The Labute approximate surface area is 101 Å². The van der Waals surface area contributed by atoms with Crippen LogP contribution in [0.25, 0.3) is 0 Å². The molecule has 0 aromatic heterocycles. The van der Waals surface area contributed by atoms with Crippen LogP contribution < -0.4 is 5.32 Å². The van der Waals surface area contributed by atoms with Gasteiger partial charge >= 0.3 is 0 Å². The molecule has 2 rings (SSSR count). The van der Waals surface area contributed by atoms with Crippen LogP contribution in [0.2, 0.25) is 5.02 Å². The lowest BCUT2D eigenvalue weighted by Crippen LogP contribution is -2.42. The van der Waals surface area contributed by atoms with E-state index in [0.717, 1.165) is 24.9 Å². The number of benzene rings is 1. The minimum Gasteiger partial charge on any atom is -0.311 e. The van der Waals surface area contributed by atoms with Gasteiger partial charge in [-0.05, 0) is 37.1 Å². The Morgan fingerprint density at radius 1 is 1.44 bits per heavy atom. The molecule has 1 aromatic carbocycles. The second-order valence-electron chi connectivity index (χ2n) is 4.41. The maximum absolute atomic E-state index is 14.0. The summed E-state index contributed by atoms with van der Waals surface area (Å²) in [6.07, 6.45) is 2.90. The maximum Gasteiger partial charge on any atom is 0.119 e. The SMILES string of the molecule is FC(Cc1cccc(Cl)c1)C1CCCCN1. The molecule has 0 bridgehead atoms. The zero-order chi connectivity index (χ0) is 11.4. The fraction of sp³-hybridized carbons (Fsp3) is 0.538. The molecule has 1 heterocycles. The van der Waals surface area contributed by atoms with E-state index in [1.54, 1.807) is 0 Å². The molecule has 0 spiro atoms. The molecular formula is C13H17ClFN. The van der Waals surface area contributed by atoms with Gasteiger partial charge in [-0.3, -0.25) is 0 Å². The molecule has 16 heavy (non-hydrogen) atoms. The van der Waals surface area contributed by atoms with Gasteiger partial charge in [0.15, 0.2) is 0 Å². The van der Waals surface area contributed by atoms with Crippen molar-refractivity contribution in [2.75, 3.05) is 6.54 Å². The topological polar surface area (TPSA) is 12.0 Å². The van der Waals surface area contributed by atoms with Crippen LogP contribution >= 0.6 is 11.6 Å². The Kier molecular flexibility index (Phi) is 4.19. The Morgan fingerprint density at radius 3 is 3.00 bits per heavy atom. The van der Waals surface area contributed by atoms with Crippen molar-refractivity contribution >= 4 is 11.6 Å². The molecule has 0 radical (unpaired) electrons. The molecule has 88 valence electrons. The number of hydrogen-bond acceptors (Lipinski definition) is 1. The predicted molar refractivity (Wildman–Crippen MR) is 65.7 cm³/mol. The van der Waals surface area contributed by atoms with E-state index >= 15 is 0 Å². The summed E-state index contributed by atoms with van der Waals surface area (Å²) in [6.45, 7) is 0.945. The molecule has 1 N–H and O–H groups in total. The molecule has 1 fully saturated rings. The zero-order valence-corrected chi connectivity index (χ0v) is 10.0. The second-order valence-corrected chi connectivity index (χ2v) is 4.84. The summed E-state index contributed by atoms with van der Waals surface area (Å²) < 4.78 is 14.0. The van der Waals surface area contributed by atoms with Crippen molar-refractivity contribution in [2.24, 2.45) is 0 Å². The molecule has 0 saturated carbocycles. The van der Waals surface area contributed by atoms with Crippen LogP contribution in [0.5, 0.6) is 0 Å². The van der Waals surface area contributed by atoms with E-state index in [1.807, 2.05) is 24.3 Å². The smallest absolute Gasteiger partial charge is 0.119 e. The summed E-state index contributed by atoms with van der Waals surface area (Å²) in [5.74, 6) is 0. The standard InChI is InChI=1S/C13H17ClFN/c14-11-5-3-4-10(8-11)9-12(15)13-6-1-2-7-16-13/h3-5,8,12-13,16H,1-2,6-7,9H2. The molecule has 2 atom stereocenters. The van der Waals surface area contributed by atoms with Crippen LogP contribution in [0.3, 0.4) is 0 Å². The number of hydrogen-bond donors (Lipinski definition) is 1. The molecule has 1 aromatic rings. The summed E-state index contributed by atoms with van der Waals surface area (Å²) in [6, 6.07) is 7.49. The van der Waals surface area contributed by atoms with Crippen molar-refractivity contribution in [3.63, 3.8) is 0 Å². The molecule has 1 nitrogen and oxygen atoms in total.